The lowest BCUT2D eigenvalue weighted by Gasteiger charge is -2.58. The molecule has 3 fully saturated rings. The lowest BCUT2D eigenvalue weighted by molar-refractivity contribution is -0.201. The van der Waals surface area contributed by atoms with Crippen LogP contribution in [0.1, 0.15) is 59.3 Å². The van der Waals surface area contributed by atoms with Crippen molar-refractivity contribution in [1.29, 1.82) is 0 Å². The standard InChI is InChI=1S/C25H40O5/c1-6-16(2)8-10-18-17(3)9-11-20-24(4,12-7-13-25(18,20)5)15-29-23-22(28)21(27)19(14-26)30-23/h6,8,18-23,26-28H,1,3,7,9-15H2,2,4-5H3/b16-8+/t18-,19+,20+,21+,22-,23-,24-,25+/m1/s1. The molecule has 30 heavy (non-hydrogen) atoms. The molecular formula is C25H40O5. The van der Waals surface area contributed by atoms with E-state index >= 15 is 0 Å². The first kappa shape index (κ1) is 23.7. The van der Waals surface area contributed by atoms with Crippen molar-refractivity contribution in [2.45, 2.75) is 83.9 Å². The zero-order valence-electron chi connectivity index (χ0n) is 18.8. The molecule has 1 aliphatic heterocycles. The summed E-state index contributed by atoms with van der Waals surface area (Å²) in [5.74, 6) is 0.934. The van der Waals surface area contributed by atoms with Crippen molar-refractivity contribution < 1.29 is 24.8 Å². The molecule has 2 aliphatic carbocycles. The van der Waals surface area contributed by atoms with Crippen molar-refractivity contribution in [3.05, 3.63) is 36.5 Å². The van der Waals surface area contributed by atoms with Gasteiger partial charge in [-0.15, -0.1) is 0 Å². The van der Waals surface area contributed by atoms with Gasteiger partial charge in [0, 0.05) is 0 Å². The fraction of sp³-hybridized carbons (Fsp3) is 0.760. The Balaban J connectivity index is 1.75. The second-order valence-electron chi connectivity index (χ2n) is 10.2. The van der Waals surface area contributed by atoms with Gasteiger partial charge in [-0.05, 0) is 61.7 Å². The van der Waals surface area contributed by atoms with Crippen molar-refractivity contribution in [3.8, 4) is 0 Å². The van der Waals surface area contributed by atoms with E-state index in [1.165, 1.54) is 17.6 Å². The maximum atomic E-state index is 10.2. The number of aliphatic hydroxyl groups excluding tert-OH is 3. The Hall–Kier alpha value is -0.980. The molecule has 170 valence electrons. The number of hydrogen-bond donors (Lipinski definition) is 3. The van der Waals surface area contributed by atoms with Crippen molar-refractivity contribution in [2.24, 2.45) is 22.7 Å². The number of ether oxygens (including phenoxy) is 2. The quantitative estimate of drug-likeness (QED) is 0.432. The summed E-state index contributed by atoms with van der Waals surface area (Å²) in [6, 6.07) is 0. The van der Waals surface area contributed by atoms with Crippen molar-refractivity contribution in [2.75, 3.05) is 13.2 Å². The Kier molecular flexibility index (Phi) is 7.30. The summed E-state index contributed by atoms with van der Waals surface area (Å²) in [6.45, 7) is 15.3. The minimum Gasteiger partial charge on any atom is -0.394 e. The van der Waals surface area contributed by atoms with Crippen LogP contribution < -0.4 is 0 Å². The highest BCUT2D eigenvalue weighted by molar-refractivity contribution is 5.20. The molecule has 0 radical (unpaired) electrons. The monoisotopic (exact) mass is 420 g/mol. The van der Waals surface area contributed by atoms with Crippen molar-refractivity contribution >= 4 is 0 Å². The molecular weight excluding hydrogens is 380 g/mol. The van der Waals surface area contributed by atoms with Crippen molar-refractivity contribution in [1.82, 2.24) is 0 Å². The first-order valence-electron chi connectivity index (χ1n) is 11.4. The molecule has 0 aromatic carbocycles. The topological polar surface area (TPSA) is 79.2 Å². The minimum atomic E-state index is -1.13. The van der Waals surface area contributed by atoms with Crippen LogP contribution in [0.5, 0.6) is 0 Å². The number of allylic oxidation sites excluding steroid dienone is 4. The highest BCUT2D eigenvalue weighted by Gasteiger charge is 2.55. The summed E-state index contributed by atoms with van der Waals surface area (Å²) in [5.41, 5.74) is 2.69. The largest absolute Gasteiger partial charge is 0.394 e. The van der Waals surface area contributed by atoms with E-state index in [9.17, 15) is 15.3 Å². The maximum absolute atomic E-state index is 10.2. The molecule has 1 heterocycles. The lowest BCUT2D eigenvalue weighted by Crippen LogP contribution is -2.52. The van der Waals surface area contributed by atoms with Crippen LogP contribution in [0, 0.1) is 22.7 Å². The molecule has 8 atom stereocenters. The third kappa shape index (κ3) is 4.33. The molecule has 0 unspecified atom stereocenters. The summed E-state index contributed by atoms with van der Waals surface area (Å²) >= 11 is 0. The molecule has 1 saturated heterocycles. The lowest BCUT2D eigenvalue weighted by atomic mass is 9.47. The normalized spacial score (nSPS) is 44.7. The van der Waals surface area contributed by atoms with Gasteiger partial charge in [0.25, 0.3) is 0 Å². The molecule has 3 N–H and O–H groups in total. The summed E-state index contributed by atoms with van der Waals surface area (Å²) in [7, 11) is 0. The highest BCUT2D eigenvalue weighted by Crippen LogP contribution is 2.62. The van der Waals surface area contributed by atoms with E-state index in [2.05, 4.69) is 40.0 Å². The zero-order valence-corrected chi connectivity index (χ0v) is 18.8. The summed E-state index contributed by atoms with van der Waals surface area (Å²) in [4.78, 5) is 0. The van der Waals surface area contributed by atoms with Gasteiger partial charge in [-0.1, -0.05) is 56.7 Å². The SMILES string of the molecule is C=C/C(C)=C/C[C@@H]1C(=C)CC[C@H]2[C@@](C)(CO[C@@H]3O[C@@H](CO)[C@H](O)[C@H]3O)CCC[C@@]12C. The van der Waals surface area contributed by atoms with E-state index in [0.717, 1.165) is 32.1 Å². The van der Waals surface area contributed by atoms with E-state index in [0.29, 0.717) is 18.4 Å². The van der Waals surface area contributed by atoms with Crippen LogP contribution in [0.4, 0.5) is 0 Å². The third-order valence-electron chi connectivity index (χ3n) is 8.22. The molecule has 0 bridgehead atoms. The van der Waals surface area contributed by atoms with E-state index in [1.54, 1.807) is 0 Å². The number of fused-ring (bicyclic) bond motifs is 1. The fourth-order valence-electron chi connectivity index (χ4n) is 6.35. The summed E-state index contributed by atoms with van der Waals surface area (Å²) in [6.07, 6.45) is 6.79. The summed E-state index contributed by atoms with van der Waals surface area (Å²) < 4.78 is 11.6. The second-order valence-corrected chi connectivity index (χ2v) is 10.2. The number of hydrogen-bond acceptors (Lipinski definition) is 5. The van der Waals surface area contributed by atoms with Crippen LogP contribution in [0.2, 0.25) is 0 Å². The van der Waals surface area contributed by atoms with E-state index in [4.69, 9.17) is 9.47 Å². The van der Waals surface area contributed by atoms with Crippen LogP contribution in [-0.4, -0.2) is 53.1 Å². The Morgan fingerprint density at radius 3 is 2.63 bits per heavy atom. The zero-order chi connectivity index (χ0) is 22.1. The molecule has 5 nitrogen and oxygen atoms in total. The smallest absolute Gasteiger partial charge is 0.186 e. The molecule has 0 aromatic heterocycles. The average Bonchev–Trinajstić information content (AvgIpc) is 2.99. The Bertz CT molecular complexity index is 672. The van der Waals surface area contributed by atoms with Gasteiger partial charge in [0.15, 0.2) is 6.29 Å². The van der Waals surface area contributed by atoms with Gasteiger partial charge in [0.05, 0.1) is 13.2 Å². The molecule has 5 heteroatoms. The van der Waals surface area contributed by atoms with Crippen LogP contribution in [0.3, 0.4) is 0 Å². The number of aliphatic hydroxyl groups is 3. The highest BCUT2D eigenvalue weighted by atomic mass is 16.7. The van der Waals surface area contributed by atoms with E-state index in [-0.39, 0.29) is 17.4 Å². The van der Waals surface area contributed by atoms with Crippen LogP contribution in [0.15, 0.2) is 36.5 Å². The van der Waals surface area contributed by atoms with E-state index in [1.807, 2.05) is 6.08 Å². The van der Waals surface area contributed by atoms with Gasteiger partial charge in [-0.3, -0.25) is 0 Å². The van der Waals surface area contributed by atoms with Gasteiger partial charge in [-0.25, -0.2) is 0 Å². The van der Waals surface area contributed by atoms with Crippen LogP contribution in [0.25, 0.3) is 0 Å². The minimum absolute atomic E-state index is 0.0333. The van der Waals surface area contributed by atoms with Gasteiger partial charge in [0.2, 0.25) is 0 Å². The Labute approximate surface area is 181 Å². The van der Waals surface area contributed by atoms with Gasteiger partial charge >= 0.3 is 0 Å². The molecule has 3 rings (SSSR count). The van der Waals surface area contributed by atoms with Gasteiger partial charge < -0.3 is 24.8 Å². The van der Waals surface area contributed by atoms with E-state index < -0.39 is 24.6 Å². The third-order valence-corrected chi connectivity index (χ3v) is 8.22. The van der Waals surface area contributed by atoms with Gasteiger partial charge in [-0.2, -0.15) is 0 Å². The predicted octanol–water partition coefficient (Wildman–Crippen LogP) is 3.74. The first-order chi connectivity index (χ1) is 14.2. The number of rotatable bonds is 7. The molecule has 3 aliphatic rings. The predicted molar refractivity (Wildman–Crippen MR) is 118 cm³/mol. The van der Waals surface area contributed by atoms with Gasteiger partial charge in [0.1, 0.15) is 18.3 Å². The second kappa shape index (κ2) is 9.25. The average molecular weight is 421 g/mol. The summed E-state index contributed by atoms with van der Waals surface area (Å²) in [5, 5.41) is 29.6. The first-order valence-corrected chi connectivity index (χ1v) is 11.4. The fourth-order valence-corrected chi connectivity index (χ4v) is 6.35. The van der Waals surface area contributed by atoms with Crippen molar-refractivity contribution in [3.63, 3.8) is 0 Å². The Morgan fingerprint density at radius 1 is 1.27 bits per heavy atom. The molecule has 2 saturated carbocycles. The Morgan fingerprint density at radius 2 is 2.00 bits per heavy atom. The molecule has 0 spiro atoms. The molecule has 0 aromatic rings. The maximum Gasteiger partial charge on any atom is 0.186 e. The van der Waals surface area contributed by atoms with Crippen LogP contribution in [-0.2, 0) is 9.47 Å². The van der Waals surface area contributed by atoms with Crippen LogP contribution >= 0.6 is 0 Å². The molecule has 0 amide bonds.